The van der Waals surface area contributed by atoms with Crippen LogP contribution in [0.4, 0.5) is 0 Å². The minimum Gasteiger partial charge on any atom is -0.381 e. The molecule has 1 N–H and O–H groups in total. The van der Waals surface area contributed by atoms with Crippen molar-refractivity contribution in [2.75, 3.05) is 0 Å². The molecule has 0 aromatic carbocycles. The third-order valence-electron chi connectivity index (χ3n) is 2.90. The van der Waals surface area contributed by atoms with Gasteiger partial charge in [0, 0.05) is 0 Å². The summed E-state index contributed by atoms with van der Waals surface area (Å²) in [4.78, 5) is 22.3. The Morgan fingerprint density at radius 2 is 2.21 bits per heavy atom. The van der Waals surface area contributed by atoms with Gasteiger partial charge in [-0.25, -0.2) is 0 Å². The van der Waals surface area contributed by atoms with Gasteiger partial charge in [-0.05, 0) is 20.3 Å². The molecule has 14 heavy (non-hydrogen) atoms. The number of carbonyl (C=O) groups excluding carboxylic acids is 2. The summed E-state index contributed by atoms with van der Waals surface area (Å²) >= 11 is 0. The second kappa shape index (κ2) is 3.50. The van der Waals surface area contributed by atoms with E-state index in [0.29, 0.717) is 12.7 Å². The molecular weight excluding hydrogens is 180 g/mol. The van der Waals surface area contributed by atoms with E-state index in [0.717, 1.165) is 0 Å². The van der Waals surface area contributed by atoms with Gasteiger partial charge in [-0.15, -0.1) is 0 Å². The lowest BCUT2D eigenvalue weighted by molar-refractivity contribution is -0.149. The van der Waals surface area contributed by atoms with Crippen LogP contribution in [0.1, 0.15) is 20.3 Å². The summed E-state index contributed by atoms with van der Waals surface area (Å²) in [6.07, 6.45) is 7.83. The van der Waals surface area contributed by atoms with Crippen molar-refractivity contribution in [3.8, 4) is 0 Å². The van der Waals surface area contributed by atoms with Gasteiger partial charge in [0.15, 0.2) is 5.78 Å². The Morgan fingerprint density at radius 3 is 2.57 bits per heavy atom. The minimum atomic E-state index is -1.63. The van der Waals surface area contributed by atoms with Gasteiger partial charge in [0.25, 0.3) is 0 Å². The van der Waals surface area contributed by atoms with Crippen molar-refractivity contribution in [3.05, 3.63) is 24.3 Å². The van der Waals surface area contributed by atoms with Gasteiger partial charge in [-0.3, -0.25) is 4.79 Å². The number of ketones is 1. The maximum atomic E-state index is 11.3. The predicted molar refractivity (Wildman–Crippen MR) is 52.7 cm³/mol. The van der Waals surface area contributed by atoms with Crippen LogP contribution in [0.5, 0.6) is 0 Å². The largest absolute Gasteiger partial charge is 0.381 e. The lowest BCUT2D eigenvalue weighted by Crippen LogP contribution is -2.51. The van der Waals surface area contributed by atoms with Gasteiger partial charge >= 0.3 is 0 Å². The van der Waals surface area contributed by atoms with Crippen LogP contribution in [0, 0.1) is 5.41 Å². The van der Waals surface area contributed by atoms with E-state index in [1.165, 1.54) is 13.8 Å². The Hall–Kier alpha value is -1.22. The van der Waals surface area contributed by atoms with Crippen molar-refractivity contribution in [2.45, 2.75) is 25.9 Å². The Bertz CT molecular complexity index is 312. The number of Topliss-reactive ketones (excluding diaryl/α,β-unsaturated/α-hetero) is 1. The molecule has 1 rings (SSSR count). The van der Waals surface area contributed by atoms with Gasteiger partial charge in [-0.1, -0.05) is 24.3 Å². The summed E-state index contributed by atoms with van der Waals surface area (Å²) in [5, 5.41) is 10.0. The molecule has 0 saturated heterocycles. The van der Waals surface area contributed by atoms with E-state index in [9.17, 15) is 14.7 Å². The van der Waals surface area contributed by atoms with Crippen molar-refractivity contribution in [3.63, 3.8) is 0 Å². The van der Waals surface area contributed by atoms with Crippen LogP contribution in [-0.2, 0) is 9.59 Å². The molecule has 0 aromatic rings. The number of rotatable bonds is 3. The second-order valence-electron chi connectivity index (χ2n) is 3.78. The van der Waals surface area contributed by atoms with E-state index < -0.39 is 16.8 Å². The molecular formula is C11H14O3. The summed E-state index contributed by atoms with van der Waals surface area (Å²) in [6.45, 7) is 2.67. The molecule has 3 nitrogen and oxygen atoms in total. The highest BCUT2D eigenvalue weighted by molar-refractivity contribution is 5.90. The minimum absolute atomic E-state index is 0.361. The smallest absolute Gasteiger partial charge is 0.162 e. The van der Waals surface area contributed by atoms with Crippen LogP contribution in [0.3, 0.4) is 0 Å². The summed E-state index contributed by atoms with van der Waals surface area (Å²) in [5.74, 6) is -0.399. The molecule has 0 fully saturated rings. The standard InChI is InChI=1S/C11H14O3/c1-9(13)10(2,14)11(8-12)6-4-3-5-7-11/h3-6,8,14H,7H2,1-2H3/t10-,11+/m1/s1. The zero-order valence-corrected chi connectivity index (χ0v) is 8.36. The normalized spacial score (nSPS) is 29.6. The highest BCUT2D eigenvalue weighted by Crippen LogP contribution is 2.37. The summed E-state index contributed by atoms with van der Waals surface area (Å²) in [7, 11) is 0. The van der Waals surface area contributed by atoms with Gasteiger partial charge < -0.3 is 9.90 Å². The first-order valence-electron chi connectivity index (χ1n) is 4.50. The zero-order chi connectivity index (χ0) is 10.8. The Morgan fingerprint density at radius 1 is 1.57 bits per heavy atom. The quantitative estimate of drug-likeness (QED) is 0.683. The highest BCUT2D eigenvalue weighted by Gasteiger charge is 2.48. The fourth-order valence-electron chi connectivity index (χ4n) is 1.53. The Balaban J connectivity index is 3.13. The van der Waals surface area contributed by atoms with Gasteiger partial charge in [0.05, 0.1) is 5.41 Å². The van der Waals surface area contributed by atoms with E-state index in [4.69, 9.17) is 0 Å². The first kappa shape index (κ1) is 10.9. The van der Waals surface area contributed by atoms with Crippen molar-refractivity contribution < 1.29 is 14.7 Å². The number of aldehydes is 1. The van der Waals surface area contributed by atoms with E-state index in [-0.39, 0.29) is 0 Å². The summed E-state index contributed by atoms with van der Waals surface area (Å²) in [5.41, 5.74) is -2.73. The molecule has 0 bridgehead atoms. The first-order chi connectivity index (χ1) is 6.46. The third kappa shape index (κ3) is 1.44. The summed E-state index contributed by atoms with van der Waals surface area (Å²) < 4.78 is 0. The number of hydrogen-bond acceptors (Lipinski definition) is 3. The maximum Gasteiger partial charge on any atom is 0.162 e. The summed E-state index contributed by atoms with van der Waals surface area (Å²) in [6, 6.07) is 0. The maximum absolute atomic E-state index is 11.3. The van der Waals surface area contributed by atoms with Crippen LogP contribution in [0.25, 0.3) is 0 Å². The Labute approximate surface area is 83.1 Å². The molecule has 0 radical (unpaired) electrons. The average molecular weight is 194 g/mol. The number of aliphatic hydroxyl groups is 1. The topological polar surface area (TPSA) is 54.4 Å². The molecule has 0 saturated carbocycles. The lowest BCUT2D eigenvalue weighted by Gasteiger charge is -2.37. The third-order valence-corrected chi connectivity index (χ3v) is 2.90. The highest BCUT2D eigenvalue weighted by atomic mass is 16.3. The van der Waals surface area contributed by atoms with Crippen molar-refractivity contribution in [1.29, 1.82) is 0 Å². The monoisotopic (exact) mass is 194 g/mol. The molecule has 1 aliphatic rings. The predicted octanol–water partition coefficient (Wildman–Crippen LogP) is 1.03. The molecule has 1 aliphatic carbocycles. The SMILES string of the molecule is CC(=O)[C@@](C)(O)[C@@]1(C=O)C=CC=CC1. The van der Waals surface area contributed by atoms with Crippen molar-refractivity contribution in [2.24, 2.45) is 5.41 Å². The fourth-order valence-corrected chi connectivity index (χ4v) is 1.53. The van der Waals surface area contributed by atoms with E-state index in [1.54, 1.807) is 24.3 Å². The molecule has 0 aliphatic heterocycles. The van der Waals surface area contributed by atoms with Gasteiger partial charge in [0.1, 0.15) is 11.9 Å². The van der Waals surface area contributed by atoms with Crippen LogP contribution in [0.15, 0.2) is 24.3 Å². The van der Waals surface area contributed by atoms with E-state index in [2.05, 4.69) is 0 Å². The van der Waals surface area contributed by atoms with Gasteiger partial charge in [-0.2, -0.15) is 0 Å². The van der Waals surface area contributed by atoms with E-state index >= 15 is 0 Å². The molecule has 2 atom stereocenters. The average Bonchev–Trinajstić information content (AvgIpc) is 2.18. The molecule has 0 aromatic heterocycles. The fraction of sp³-hybridized carbons (Fsp3) is 0.455. The van der Waals surface area contributed by atoms with Crippen LogP contribution >= 0.6 is 0 Å². The zero-order valence-electron chi connectivity index (χ0n) is 8.36. The first-order valence-corrected chi connectivity index (χ1v) is 4.50. The Kier molecular flexibility index (Phi) is 2.71. The van der Waals surface area contributed by atoms with Gasteiger partial charge in [0.2, 0.25) is 0 Å². The number of hydrogen-bond donors (Lipinski definition) is 1. The van der Waals surface area contributed by atoms with Crippen LogP contribution in [0.2, 0.25) is 0 Å². The van der Waals surface area contributed by atoms with Crippen molar-refractivity contribution >= 4 is 12.1 Å². The van der Waals surface area contributed by atoms with E-state index in [1.807, 2.05) is 0 Å². The van der Waals surface area contributed by atoms with Crippen molar-refractivity contribution in [1.82, 2.24) is 0 Å². The molecule has 0 amide bonds. The molecule has 0 unspecified atom stereocenters. The molecule has 0 spiro atoms. The second-order valence-corrected chi connectivity index (χ2v) is 3.78. The number of allylic oxidation sites excluding steroid dienone is 3. The molecule has 76 valence electrons. The molecule has 3 heteroatoms. The van der Waals surface area contributed by atoms with Crippen LogP contribution in [-0.4, -0.2) is 22.8 Å². The lowest BCUT2D eigenvalue weighted by atomic mass is 9.68. The number of carbonyl (C=O) groups is 2. The van der Waals surface area contributed by atoms with Crippen LogP contribution < -0.4 is 0 Å². The molecule has 0 heterocycles.